The summed E-state index contributed by atoms with van der Waals surface area (Å²) in [6, 6.07) is 0. The molecule has 0 spiro atoms. The van der Waals surface area contributed by atoms with Crippen LogP contribution < -0.4 is 5.56 Å². The molecule has 2 N–H and O–H groups in total. The summed E-state index contributed by atoms with van der Waals surface area (Å²) in [7, 11) is 1.34. The molecule has 0 aliphatic rings. The SMILES string of the molecule is Cn1[nH]c(C=O)c(C(=O)O)c1=O. The number of carboxylic acid groups (broad SMARTS) is 1. The molecule has 0 aliphatic heterocycles. The van der Waals surface area contributed by atoms with Crippen molar-refractivity contribution in [1.29, 1.82) is 0 Å². The summed E-state index contributed by atoms with van der Waals surface area (Å²) in [5.41, 5.74) is -1.45. The lowest BCUT2D eigenvalue weighted by Gasteiger charge is -1.83. The van der Waals surface area contributed by atoms with Gasteiger partial charge in [-0.05, 0) is 0 Å². The third-order valence-electron chi connectivity index (χ3n) is 1.41. The molecule has 0 unspecified atom stereocenters. The summed E-state index contributed by atoms with van der Waals surface area (Å²) in [6.07, 6.45) is 0.296. The van der Waals surface area contributed by atoms with Gasteiger partial charge in [0.05, 0.1) is 0 Å². The van der Waals surface area contributed by atoms with Crippen LogP contribution in [-0.2, 0) is 7.05 Å². The normalized spacial score (nSPS) is 9.75. The predicted octanol–water partition coefficient (Wildman–Crippen LogP) is -0.776. The zero-order valence-electron chi connectivity index (χ0n) is 6.20. The number of aromatic amines is 1. The standard InChI is InChI=1S/C6H6N2O4/c1-8-5(10)4(6(11)12)3(2-9)7-8/h2,7H,1H3,(H,11,12). The molecule has 1 heterocycles. The van der Waals surface area contributed by atoms with Gasteiger partial charge in [0.15, 0.2) is 11.8 Å². The Morgan fingerprint density at radius 2 is 2.25 bits per heavy atom. The van der Waals surface area contributed by atoms with Crippen LogP contribution in [0.25, 0.3) is 0 Å². The van der Waals surface area contributed by atoms with Gasteiger partial charge in [0.2, 0.25) is 0 Å². The number of aryl methyl sites for hydroxylation is 1. The van der Waals surface area contributed by atoms with Crippen LogP contribution in [0, 0.1) is 0 Å². The molecule has 1 aromatic heterocycles. The van der Waals surface area contributed by atoms with Crippen molar-refractivity contribution in [3.05, 3.63) is 21.6 Å². The quantitative estimate of drug-likeness (QED) is 0.569. The first-order valence-corrected chi connectivity index (χ1v) is 3.05. The molecule has 0 saturated heterocycles. The Labute approximate surface area is 66.4 Å². The van der Waals surface area contributed by atoms with Crippen molar-refractivity contribution in [3.8, 4) is 0 Å². The average Bonchev–Trinajstić information content (AvgIpc) is 2.28. The summed E-state index contributed by atoms with van der Waals surface area (Å²) < 4.78 is 0.938. The first-order chi connectivity index (χ1) is 5.57. The van der Waals surface area contributed by atoms with E-state index in [2.05, 4.69) is 5.10 Å². The minimum Gasteiger partial charge on any atom is -0.477 e. The van der Waals surface area contributed by atoms with Gasteiger partial charge >= 0.3 is 5.97 Å². The first kappa shape index (κ1) is 8.25. The number of hydrogen-bond acceptors (Lipinski definition) is 3. The van der Waals surface area contributed by atoms with E-state index in [0.29, 0.717) is 6.29 Å². The number of carboxylic acids is 1. The summed E-state index contributed by atoms with van der Waals surface area (Å²) in [5, 5.41) is 10.8. The van der Waals surface area contributed by atoms with Gasteiger partial charge in [-0.1, -0.05) is 0 Å². The van der Waals surface area contributed by atoms with Crippen LogP contribution in [0.1, 0.15) is 20.8 Å². The molecule has 0 bridgehead atoms. The minimum atomic E-state index is -1.40. The Balaban J connectivity index is 3.52. The Kier molecular flexibility index (Phi) is 1.82. The van der Waals surface area contributed by atoms with Crippen LogP contribution in [0.4, 0.5) is 0 Å². The van der Waals surface area contributed by atoms with Gasteiger partial charge in [-0.25, -0.2) is 4.79 Å². The first-order valence-electron chi connectivity index (χ1n) is 3.05. The second-order valence-corrected chi connectivity index (χ2v) is 2.19. The van der Waals surface area contributed by atoms with Gasteiger partial charge in [-0.15, -0.1) is 0 Å². The smallest absolute Gasteiger partial charge is 0.343 e. The largest absolute Gasteiger partial charge is 0.477 e. The average molecular weight is 170 g/mol. The van der Waals surface area contributed by atoms with Crippen LogP contribution in [0.5, 0.6) is 0 Å². The number of carbonyl (C=O) groups is 2. The number of aromatic carboxylic acids is 1. The van der Waals surface area contributed by atoms with Gasteiger partial charge < -0.3 is 5.11 Å². The maximum Gasteiger partial charge on any atom is 0.343 e. The van der Waals surface area contributed by atoms with Crippen molar-refractivity contribution < 1.29 is 14.7 Å². The molecule has 1 rings (SSSR count). The van der Waals surface area contributed by atoms with E-state index in [1.807, 2.05) is 0 Å². The number of nitrogens with zero attached hydrogens (tertiary/aromatic N) is 1. The third-order valence-corrected chi connectivity index (χ3v) is 1.41. The maximum absolute atomic E-state index is 11.0. The lowest BCUT2D eigenvalue weighted by atomic mass is 10.2. The van der Waals surface area contributed by atoms with Crippen LogP contribution >= 0.6 is 0 Å². The van der Waals surface area contributed by atoms with E-state index in [4.69, 9.17) is 5.11 Å². The highest BCUT2D eigenvalue weighted by molar-refractivity contribution is 5.95. The van der Waals surface area contributed by atoms with Crippen LogP contribution in [-0.4, -0.2) is 27.1 Å². The molecule has 64 valence electrons. The van der Waals surface area contributed by atoms with Crippen LogP contribution in [0.2, 0.25) is 0 Å². The van der Waals surface area contributed by atoms with E-state index in [0.717, 1.165) is 4.68 Å². The Bertz CT molecular complexity index is 387. The molecular formula is C6H6N2O4. The predicted molar refractivity (Wildman–Crippen MR) is 38.4 cm³/mol. The fraction of sp³-hybridized carbons (Fsp3) is 0.167. The van der Waals surface area contributed by atoms with E-state index in [-0.39, 0.29) is 5.69 Å². The Morgan fingerprint density at radius 1 is 1.67 bits per heavy atom. The van der Waals surface area contributed by atoms with Crippen molar-refractivity contribution in [2.24, 2.45) is 7.05 Å². The summed E-state index contributed by atoms with van der Waals surface area (Å²) in [6.45, 7) is 0. The highest BCUT2D eigenvalue weighted by Gasteiger charge is 2.17. The van der Waals surface area contributed by atoms with E-state index >= 15 is 0 Å². The third kappa shape index (κ3) is 1.03. The zero-order chi connectivity index (χ0) is 9.30. The topological polar surface area (TPSA) is 92.2 Å². The fourth-order valence-corrected chi connectivity index (χ4v) is 0.862. The number of H-pyrrole nitrogens is 1. The molecule has 12 heavy (non-hydrogen) atoms. The molecule has 6 nitrogen and oxygen atoms in total. The van der Waals surface area contributed by atoms with Crippen molar-refractivity contribution in [2.75, 3.05) is 0 Å². The molecule has 0 saturated carbocycles. The summed E-state index contributed by atoms with van der Waals surface area (Å²) in [4.78, 5) is 31.7. The molecule has 0 amide bonds. The summed E-state index contributed by atoms with van der Waals surface area (Å²) >= 11 is 0. The Hall–Kier alpha value is -1.85. The van der Waals surface area contributed by atoms with E-state index in [1.54, 1.807) is 0 Å². The monoisotopic (exact) mass is 170 g/mol. The molecule has 0 atom stereocenters. The molecular weight excluding hydrogens is 164 g/mol. The highest BCUT2D eigenvalue weighted by atomic mass is 16.4. The van der Waals surface area contributed by atoms with E-state index < -0.39 is 17.1 Å². The minimum absolute atomic E-state index is 0.213. The lowest BCUT2D eigenvalue weighted by molar-refractivity contribution is 0.0692. The van der Waals surface area contributed by atoms with Crippen molar-refractivity contribution >= 4 is 12.3 Å². The molecule has 0 aliphatic carbocycles. The fourth-order valence-electron chi connectivity index (χ4n) is 0.862. The number of hydrogen-bond donors (Lipinski definition) is 2. The Morgan fingerprint density at radius 3 is 2.58 bits per heavy atom. The van der Waals surface area contributed by atoms with Crippen molar-refractivity contribution in [3.63, 3.8) is 0 Å². The van der Waals surface area contributed by atoms with Gasteiger partial charge in [0.1, 0.15) is 5.69 Å². The van der Waals surface area contributed by atoms with Crippen LogP contribution in [0.15, 0.2) is 4.79 Å². The number of carbonyl (C=O) groups excluding carboxylic acids is 1. The van der Waals surface area contributed by atoms with E-state index in [1.165, 1.54) is 7.05 Å². The molecule has 0 radical (unpaired) electrons. The second kappa shape index (κ2) is 2.65. The highest BCUT2D eigenvalue weighted by Crippen LogP contribution is 1.96. The molecule has 6 heteroatoms. The molecule has 1 aromatic rings. The van der Waals surface area contributed by atoms with Crippen LogP contribution in [0.3, 0.4) is 0 Å². The maximum atomic E-state index is 11.0. The van der Waals surface area contributed by atoms with E-state index in [9.17, 15) is 14.4 Å². The zero-order valence-corrected chi connectivity index (χ0v) is 6.20. The number of aldehydes is 1. The summed E-state index contributed by atoms with van der Waals surface area (Å²) in [5.74, 6) is -1.40. The van der Waals surface area contributed by atoms with Gasteiger partial charge in [0.25, 0.3) is 5.56 Å². The van der Waals surface area contributed by atoms with Crippen molar-refractivity contribution in [2.45, 2.75) is 0 Å². The van der Waals surface area contributed by atoms with Gasteiger partial charge in [0, 0.05) is 7.05 Å². The second-order valence-electron chi connectivity index (χ2n) is 2.19. The molecule has 0 aromatic carbocycles. The number of nitrogens with one attached hydrogen (secondary N) is 1. The van der Waals surface area contributed by atoms with Gasteiger partial charge in [-0.2, -0.15) is 0 Å². The van der Waals surface area contributed by atoms with Gasteiger partial charge in [-0.3, -0.25) is 19.4 Å². The lowest BCUT2D eigenvalue weighted by Crippen LogP contribution is -2.18. The number of aromatic nitrogens is 2. The number of rotatable bonds is 2. The molecule has 0 fully saturated rings. The van der Waals surface area contributed by atoms with Crippen molar-refractivity contribution in [1.82, 2.24) is 9.78 Å².